The molecule has 0 bridgehead atoms. The Morgan fingerprint density at radius 2 is 2.10 bits per heavy atom. The maximum absolute atomic E-state index is 10.6. The van der Waals surface area contributed by atoms with Crippen molar-refractivity contribution >= 4 is 17.2 Å². The number of anilines is 1. The molecule has 3 aromatic rings. The number of hydrogen-bond acceptors (Lipinski definition) is 5. The van der Waals surface area contributed by atoms with Gasteiger partial charge in [-0.3, -0.25) is 0 Å². The summed E-state index contributed by atoms with van der Waals surface area (Å²) in [7, 11) is 3.38. The van der Waals surface area contributed by atoms with Gasteiger partial charge in [0.2, 0.25) is 5.88 Å². The number of nitrogens with one attached hydrogen (secondary N) is 1. The Kier molecular flexibility index (Phi) is 3.58. The first-order valence-electron chi connectivity index (χ1n) is 6.46. The van der Waals surface area contributed by atoms with Crippen LogP contribution in [0, 0.1) is 0 Å². The predicted octanol–water partition coefficient (Wildman–Crippen LogP) is 4.43. The highest BCUT2D eigenvalue weighted by molar-refractivity contribution is 7.13. The Bertz CT molecular complexity index is 747. The summed E-state index contributed by atoms with van der Waals surface area (Å²) in [5.74, 6) is 1.87. The lowest BCUT2D eigenvalue weighted by molar-refractivity contribution is 0.415. The SMILES string of the molecule is CNc1oc(-c2cccs2)c(O)c1-c1cccc(OC)c1. The Labute approximate surface area is 126 Å². The van der Waals surface area contributed by atoms with Crippen molar-refractivity contribution in [3.63, 3.8) is 0 Å². The number of ether oxygens (including phenoxy) is 1. The summed E-state index contributed by atoms with van der Waals surface area (Å²) in [5, 5.41) is 15.5. The van der Waals surface area contributed by atoms with E-state index in [0.717, 1.165) is 16.2 Å². The van der Waals surface area contributed by atoms with Crippen molar-refractivity contribution in [1.29, 1.82) is 0 Å². The van der Waals surface area contributed by atoms with Crippen LogP contribution in [0.3, 0.4) is 0 Å². The fraction of sp³-hybridized carbons (Fsp3) is 0.125. The van der Waals surface area contributed by atoms with Crippen molar-refractivity contribution in [3.05, 3.63) is 41.8 Å². The van der Waals surface area contributed by atoms with Gasteiger partial charge in [0.15, 0.2) is 11.5 Å². The molecule has 2 heterocycles. The van der Waals surface area contributed by atoms with Crippen LogP contribution in [0.1, 0.15) is 0 Å². The average molecular weight is 301 g/mol. The number of aromatic hydroxyl groups is 1. The van der Waals surface area contributed by atoms with Crippen LogP contribution in [0.4, 0.5) is 5.88 Å². The fourth-order valence-electron chi connectivity index (χ4n) is 2.22. The second kappa shape index (κ2) is 5.54. The molecule has 0 spiro atoms. The van der Waals surface area contributed by atoms with Crippen LogP contribution in [0.25, 0.3) is 21.8 Å². The second-order valence-electron chi connectivity index (χ2n) is 4.44. The monoisotopic (exact) mass is 301 g/mol. The topological polar surface area (TPSA) is 54.6 Å². The maximum atomic E-state index is 10.6. The Morgan fingerprint density at radius 1 is 1.24 bits per heavy atom. The van der Waals surface area contributed by atoms with Gasteiger partial charge in [-0.2, -0.15) is 0 Å². The van der Waals surface area contributed by atoms with E-state index in [0.29, 0.717) is 17.2 Å². The fourth-order valence-corrected chi connectivity index (χ4v) is 2.93. The Balaban J connectivity index is 2.17. The third-order valence-electron chi connectivity index (χ3n) is 3.21. The van der Waals surface area contributed by atoms with Crippen molar-refractivity contribution in [3.8, 4) is 33.3 Å². The normalized spacial score (nSPS) is 10.6. The summed E-state index contributed by atoms with van der Waals surface area (Å²) < 4.78 is 11.0. The lowest BCUT2D eigenvalue weighted by Gasteiger charge is -2.05. The Hall–Kier alpha value is -2.40. The molecule has 0 radical (unpaired) electrons. The molecular formula is C16H15NO3S. The lowest BCUT2D eigenvalue weighted by Crippen LogP contribution is -1.89. The van der Waals surface area contributed by atoms with Gasteiger partial charge in [0.1, 0.15) is 5.75 Å². The van der Waals surface area contributed by atoms with Crippen LogP contribution in [-0.4, -0.2) is 19.3 Å². The predicted molar refractivity (Wildman–Crippen MR) is 85.2 cm³/mol. The molecule has 0 fully saturated rings. The van der Waals surface area contributed by atoms with Crippen LogP contribution >= 0.6 is 11.3 Å². The van der Waals surface area contributed by atoms with Gasteiger partial charge in [0.25, 0.3) is 0 Å². The van der Waals surface area contributed by atoms with Gasteiger partial charge in [-0.15, -0.1) is 11.3 Å². The summed E-state index contributed by atoms with van der Waals surface area (Å²) in [5.41, 5.74) is 1.47. The highest BCUT2D eigenvalue weighted by Gasteiger charge is 2.22. The van der Waals surface area contributed by atoms with Crippen LogP contribution in [0.5, 0.6) is 11.5 Å². The quantitative estimate of drug-likeness (QED) is 0.748. The molecule has 0 atom stereocenters. The number of methoxy groups -OCH3 is 1. The molecule has 0 saturated carbocycles. The van der Waals surface area contributed by atoms with Crippen molar-refractivity contribution in [2.75, 3.05) is 19.5 Å². The molecular weight excluding hydrogens is 286 g/mol. The minimum Gasteiger partial charge on any atom is -0.504 e. The number of rotatable bonds is 4. The van der Waals surface area contributed by atoms with Crippen molar-refractivity contribution in [2.45, 2.75) is 0 Å². The zero-order valence-electron chi connectivity index (χ0n) is 11.7. The molecule has 0 aliphatic carbocycles. The van der Waals surface area contributed by atoms with Gasteiger partial charge in [-0.25, -0.2) is 0 Å². The molecule has 2 N–H and O–H groups in total. The van der Waals surface area contributed by atoms with Gasteiger partial charge in [0, 0.05) is 7.05 Å². The van der Waals surface area contributed by atoms with Gasteiger partial charge in [0.05, 0.1) is 17.6 Å². The molecule has 108 valence electrons. The minimum atomic E-state index is 0.134. The molecule has 0 amide bonds. The Morgan fingerprint density at radius 3 is 2.76 bits per heavy atom. The summed E-state index contributed by atoms with van der Waals surface area (Å²) >= 11 is 1.52. The second-order valence-corrected chi connectivity index (χ2v) is 5.39. The average Bonchev–Trinajstić information content (AvgIpc) is 3.14. The molecule has 0 unspecified atom stereocenters. The molecule has 3 rings (SSSR count). The van der Waals surface area contributed by atoms with E-state index in [-0.39, 0.29) is 5.75 Å². The summed E-state index contributed by atoms with van der Waals surface area (Å²) in [6.07, 6.45) is 0. The van der Waals surface area contributed by atoms with Gasteiger partial charge in [-0.05, 0) is 29.1 Å². The highest BCUT2D eigenvalue weighted by atomic mass is 32.1. The molecule has 1 aromatic carbocycles. The van der Waals surface area contributed by atoms with E-state index in [1.807, 2.05) is 41.8 Å². The van der Waals surface area contributed by atoms with E-state index < -0.39 is 0 Å². The van der Waals surface area contributed by atoms with E-state index in [9.17, 15) is 5.11 Å². The first kappa shape index (κ1) is 13.6. The van der Waals surface area contributed by atoms with Gasteiger partial charge in [-0.1, -0.05) is 18.2 Å². The zero-order chi connectivity index (χ0) is 14.8. The van der Waals surface area contributed by atoms with Crippen LogP contribution in [0.15, 0.2) is 46.2 Å². The van der Waals surface area contributed by atoms with E-state index in [4.69, 9.17) is 9.15 Å². The number of furan rings is 1. The highest BCUT2D eigenvalue weighted by Crippen LogP contribution is 2.47. The van der Waals surface area contributed by atoms with Gasteiger partial charge >= 0.3 is 0 Å². The maximum Gasteiger partial charge on any atom is 0.205 e. The first-order chi connectivity index (χ1) is 10.2. The number of hydrogen-bond donors (Lipinski definition) is 2. The molecule has 5 heteroatoms. The van der Waals surface area contributed by atoms with Crippen LogP contribution < -0.4 is 10.1 Å². The molecule has 0 aliphatic heterocycles. The third kappa shape index (κ3) is 2.36. The standard InChI is InChI=1S/C16H15NO3S/c1-17-16-13(10-5-3-6-11(9-10)19-2)14(18)15(20-16)12-7-4-8-21-12/h3-9,17-18H,1-2H3. The van der Waals surface area contributed by atoms with Crippen molar-refractivity contribution in [2.24, 2.45) is 0 Å². The molecule has 21 heavy (non-hydrogen) atoms. The van der Waals surface area contributed by atoms with Crippen LogP contribution in [0.2, 0.25) is 0 Å². The molecule has 2 aromatic heterocycles. The summed E-state index contributed by atoms with van der Waals surface area (Å²) in [6, 6.07) is 11.4. The van der Waals surface area contributed by atoms with E-state index >= 15 is 0 Å². The van der Waals surface area contributed by atoms with E-state index in [1.165, 1.54) is 11.3 Å². The van der Waals surface area contributed by atoms with Crippen molar-refractivity contribution in [1.82, 2.24) is 0 Å². The zero-order valence-corrected chi connectivity index (χ0v) is 12.5. The van der Waals surface area contributed by atoms with E-state index in [1.54, 1.807) is 14.2 Å². The van der Waals surface area contributed by atoms with Crippen LogP contribution in [-0.2, 0) is 0 Å². The molecule has 0 aliphatic rings. The summed E-state index contributed by atoms with van der Waals surface area (Å²) in [4.78, 5) is 0.887. The number of thiophene rings is 1. The smallest absolute Gasteiger partial charge is 0.205 e. The lowest BCUT2D eigenvalue weighted by atomic mass is 10.1. The first-order valence-corrected chi connectivity index (χ1v) is 7.34. The third-order valence-corrected chi connectivity index (χ3v) is 4.08. The van der Waals surface area contributed by atoms with E-state index in [2.05, 4.69) is 5.32 Å². The minimum absolute atomic E-state index is 0.134. The molecule has 0 saturated heterocycles. The summed E-state index contributed by atoms with van der Waals surface area (Å²) in [6.45, 7) is 0. The largest absolute Gasteiger partial charge is 0.504 e. The van der Waals surface area contributed by atoms with Gasteiger partial charge < -0.3 is 19.6 Å². The number of benzene rings is 1. The van der Waals surface area contributed by atoms with Crippen molar-refractivity contribution < 1.29 is 14.3 Å². The molecule has 4 nitrogen and oxygen atoms in total.